The van der Waals surface area contributed by atoms with Crippen molar-refractivity contribution in [3.05, 3.63) is 12.2 Å². The van der Waals surface area contributed by atoms with Crippen molar-refractivity contribution in [1.82, 2.24) is 0 Å². The molecule has 0 heterocycles. The van der Waals surface area contributed by atoms with Gasteiger partial charge in [0.1, 0.15) is 0 Å². The Morgan fingerprint density at radius 3 is 1.68 bits per heavy atom. The number of aliphatic hydroxyl groups excluding tert-OH is 1. The molecule has 0 aromatic carbocycles. The van der Waals surface area contributed by atoms with Crippen LogP contribution < -0.4 is 0 Å². The van der Waals surface area contributed by atoms with Gasteiger partial charge in [-0.05, 0) is 32.1 Å². The molecule has 0 spiro atoms. The highest BCUT2D eigenvalue weighted by Gasteiger charge is 2.00. The number of allylic oxidation sites excluding steroid dienone is 2. The Morgan fingerprint density at radius 2 is 1.20 bits per heavy atom. The summed E-state index contributed by atoms with van der Waals surface area (Å²) in [5.74, 6) is -0.292. The number of hydrogen-bond donors (Lipinski definition) is 1. The molecule has 3 heteroatoms. The lowest BCUT2D eigenvalue weighted by atomic mass is 10.1. The van der Waals surface area contributed by atoms with Gasteiger partial charge < -0.3 is 9.84 Å². The largest absolute Gasteiger partial charge is 0.439 e. The van der Waals surface area contributed by atoms with Crippen molar-refractivity contribution < 1.29 is 14.6 Å². The molecule has 0 fully saturated rings. The van der Waals surface area contributed by atoms with Crippen LogP contribution in [0.1, 0.15) is 117 Å². The van der Waals surface area contributed by atoms with Gasteiger partial charge in [-0.25, -0.2) is 0 Å². The first-order valence-electron chi connectivity index (χ1n) is 10.6. The number of rotatable bonds is 16. The van der Waals surface area contributed by atoms with Gasteiger partial charge >= 0.3 is 5.97 Å². The first-order chi connectivity index (χ1) is 12.2. The number of unbranched alkanes of at least 4 members (excludes halogenated alkanes) is 11. The Kier molecular flexibility index (Phi) is 26.8. The maximum Gasteiger partial charge on any atom is 0.307 e. The second kappa shape index (κ2) is 25.4. The zero-order valence-electron chi connectivity index (χ0n) is 17.2. The van der Waals surface area contributed by atoms with E-state index in [0.29, 0.717) is 6.42 Å². The number of hydrogen-bond acceptors (Lipinski definition) is 3. The molecule has 150 valence electrons. The maximum absolute atomic E-state index is 11.0. The molecule has 0 amide bonds. The highest BCUT2D eigenvalue weighted by molar-refractivity contribution is 5.69. The molecule has 0 aliphatic carbocycles. The van der Waals surface area contributed by atoms with Crippen molar-refractivity contribution in [1.29, 1.82) is 0 Å². The standard InChI is InChI=1S/C19H36O3.C3H8/c1-2-3-4-5-6-7-8-9-10-11-12-13-14-15-16-17-19(21)22-18-20;1-3-2/h9-10,20H,2-8,11-18H2,1H3;3H2,1-2H3/b10-9-;. The van der Waals surface area contributed by atoms with E-state index in [1.807, 2.05) is 0 Å². The minimum absolute atomic E-state index is 0.292. The van der Waals surface area contributed by atoms with Gasteiger partial charge in [0, 0.05) is 6.42 Å². The highest BCUT2D eigenvalue weighted by atomic mass is 16.6. The van der Waals surface area contributed by atoms with E-state index in [1.165, 1.54) is 77.0 Å². The zero-order valence-corrected chi connectivity index (χ0v) is 17.2. The third-order valence-electron chi connectivity index (χ3n) is 3.87. The van der Waals surface area contributed by atoms with Crippen LogP contribution in [-0.2, 0) is 9.53 Å². The fourth-order valence-corrected chi connectivity index (χ4v) is 2.48. The molecule has 0 saturated carbocycles. The van der Waals surface area contributed by atoms with Gasteiger partial charge in [0.05, 0.1) is 0 Å². The van der Waals surface area contributed by atoms with Gasteiger partial charge in [0.2, 0.25) is 0 Å². The summed E-state index contributed by atoms with van der Waals surface area (Å²) in [5, 5.41) is 8.41. The van der Waals surface area contributed by atoms with Crippen molar-refractivity contribution in [3.63, 3.8) is 0 Å². The van der Waals surface area contributed by atoms with E-state index in [4.69, 9.17) is 5.11 Å². The summed E-state index contributed by atoms with van der Waals surface area (Å²) in [6.45, 7) is 6.01. The summed E-state index contributed by atoms with van der Waals surface area (Å²) >= 11 is 0. The quantitative estimate of drug-likeness (QED) is 0.141. The summed E-state index contributed by atoms with van der Waals surface area (Å²) in [5.41, 5.74) is 0. The van der Waals surface area contributed by atoms with E-state index in [1.54, 1.807) is 0 Å². The molecule has 0 aromatic heterocycles. The first-order valence-corrected chi connectivity index (χ1v) is 10.6. The van der Waals surface area contributed by atoms with E-state index >= 15 is 0 Å². The van der Waals surface area contributed by atoms with Gasteiger partial charge in [0.25, 0.3) is 0 Å². The number of ether oxygens (including phenoxy) is 1. The SMILES string of the molecule is CCC.CCCCCCCC/C=C\CCCCCCCC(=O)OCO. The lowest BCUT2D eigenvalue weighted by Crippen LogP contribution is -2.04. The Balaban J connectivity index is 0. The number of carbonyl (C=O) groups excluding carboxylic acids is 1. The van der Waals surface area contributed by atoms with Gasteiger partial charge in [0.15, 0.2) is 6.79 Å². The first kappa shape index (κ1) is 26.4. The Hall–Kier alpha value is -0.830. The van der Waals surface area contributed by atoms with Gasteiger partial charge in [-0.1, -0.05) is 90.7 Å². The third-order valence-corrected chi connectivity index (χ3v) is 3.87. The molecule has 0 saturated heterocycles. The van der Waals surface area contributed by atoms with Crippen molar-refractivity contribution >= 4 is 5.97 Å². The third kappa shape index (κ3) is 28.3. The van der Waals surface area contributed by atoms with Crippen LogP contribution in [0, 0.1) is 0 Å². The van der Waals surface area contributed by atoms with Crippen LogP contribution in [0.25, 0.3) is 0 Å². The Bertz CT molecular complexity index is 274. The number of aliphatic hydroxyl groups is 1. The van der Waals surface area contributed by atoms with Crippen LogP contribution in [-0.4, -0.2) is 17.9 Å². The number of esters is 1. The molecule has 3 nitrogen and oxygen atoms in total. The fraction of sp³-hybridized carbons (Fsp3) is 0.864. The maximum atomic E-state index is 11.0. The molecule has 0 aliphatic rings. The topological polar surface area (TPSA) is 46.5 Å². The highest BCUT2D eigenvalue weighted by Crippen LogP contribution is 2.10. The summed E-state index contributed by atoms with van der Waals surface area (Å²) in [6.07, 6.45) is 22.6. The van der Waals surface area contributed by atoms with Gasteiger partial charge in [-0.15, -0.1) is 0 Å². The second-order valence-electron chi connectivity index (χ2n) is 6.69. The average molecular weight is 357 g/mol. The van der Waals surface area contributed by atoms with Crippen LogP contribution in [0.15, 0.2) is 12.2 Å². The van der Waals surface area contributed by atoms with Crippen LogP contribution in [0.2, 0.25) is 0 Å². The predicted molar refractivity (Wildman–Crippen MR) is 109 cm³/mol. The summed E-state index contributed by atoms with van der Waals surface area (Å²) in [7, 11) is 0. The number of carbonyl (C=O) groups is 1. The molecular formula is C22H44O3. The van der Waals surface area contributed by atoms with E-state index < -0.39 is 6.79 Å². The van der Waals surface area contributed by atoms with E-state index in [-0.39, 0.29) is 5.97 Å². The monoisotopic (exact) mass is 356 g/mol. The zero-order chi connectivity index (χ0) is 19.0. The molecule has 1 N–H and O–H groups in total. The molecule has 0 unspecified atom stereocenters. The summed E-state index contributed by atoms with van der Waals surface area (Å²) < 4.78 is 4.47. The van der Waals surface area contributed by atoms with Crippen LogP contribution in [0.5, 0.6) is 0 Å². The van der Waals surface area contributed by atoms with Crippen LogP contribution in [0.4, 0.5) is 0 Å². The molecule has 0 radical (unpaired) electrons. The van der Waals surface area contributed by atoms with Crippen LogP contribution >= 0.6 is 0 Å². The van der Waals surface area contributed by atoms with Gasteiger partial charge in [-0.3, -0.25) is 4.79 Å². The normalized spacial score (nSPS) is 10.6. The molecule has 0 atom stereocenters. The average Bonchev–Trinajstić information content (AvgIpc) is 2.59. The lowest BCUT2D eigenvalue weighted by molar-refractivity contribution is -0.151. The minimum Gasteiger partial charge on any atom is -0.439 e. The van der Waals surface area contributed by atoms with E-state index in [9.17, 15) is 4.79 Å². The molecule has 0 rings (SSSR count). The molecule has 0 aliphatic heterocycles. The molecule has 0 aromatic rings. The predicted octanol–water partition coefficient (Wildman–Crippen LogP) is 6.93. The Labute approximate surface area is 157 Å². The van der Waals surface area contributed by atoms with Crippen molar-refractivity contribution in [2.45, 2.75) is 117 Å². The van der Waals surface area contributed by atoms with Crippen LogP contribution in [0.3, 0.4) is 0 Å². The smallest absolute Gasteiger partial charge is 0.307 e. The molecule has 0 bridgehead atoms. The van der Waals surface area contributed by atoms with Crippen molar-refractivity contribution in [2.24, 2.45) is 0 Å². The molecule has 25 heavy (non-hydrogen) atoms. The van der Waals surface area contributed by atoms with Crippen molar-refractivity contribution in [2.75, 3.05) is 6.79 Å². The summed E-state index contributed by atoms with van der Waals surface area (Å²) in [4.78, 5) is 11.0. The fourth-order valence-electron chi connectivity index (χ4n) is 2.48. The Morgan fingerprint density at radius 1 is 0.760 bits per heavy atom. The van der Waals surface area contributed by atoms with E-state index in [2.05, 4.69) is 37.7 Å². The van der Waals surface area contributed by atoms with Crippen molar-refractivity contribution in [3.8, 4) is 0 Å². The van der Waals surface area contributed by atoms with Gasteiger partial charge in [-0.2, -0.15) is 0 Å². The van der Waals surface area contributed by atoms with E-state index in [0.717, 1.165) is 12.8 Å². The lowest BCUT2D eigenvalue weighted by Gasteiger charge is -2.01. The summed E-state index contributed by atoms with van der Waals surface area (Å²) in [6, 6.07) is 0. The second-order valence-corrected chi connectivity index (χ2v) is 6.69. The molecular weight excluding hydrogens is 312 g/mol. The minimum atomic E-state index is -0.496.